The summed E-state index contributed by atoms with van der Waals surface area (Å²) in [6.07, 6.45) is 0. The first-order chi connectivity index (χ1) is 9.49. The summed E-state index contributed by atoms with van der Waals surface area (Å²) in [6.45, 7) is 10.3. The fraction of sp³-hybridized carbons (Fsp3) is 0.562. The van der Waals surface area contributed by atoms with Crippen LogP contribution < -0.4 is 5.73 Å². The average Bonchev–Trinajstić information content (AvgIpc) is 2.46. The Bertz CT molecular complexity index is 444. The molecule has 1 aliphatic rings. The Labute approximate surface area is 122 Å². The summed E-state index contributed by atoms with van der Waals surface area (Å²) in [5.41, 5.74) is 8.29. The van der Waals surface area contributed by atoms with Gasteiger partial charge in [0, 0.05) is 32.2 Å². The lowest BCUT2D eigenvalue weighted by Crippen LogP contribution is -2.51. The zero-order chi connectivity index (χ0) is 14.7. The third kappa shape index (κ3) is 3.31. The molecule has 20 heavy (non-hydrogen) atoms. The summed E-state index contributed by atoms with van der Waals surface area (Å²) in [7, 11) is 0. The van der Waals surface area contributed by atoms with Crippen LogP contribution in [0.1, 0.15) is 43.9 Å². The molecule has 1 heterocycles. The van der Waals surface area contributed by atoms with Gasteiger partial charge in [-0.05, 0) is 24.0 Å². The average molecular weight is 274 g/mol. The van der Waals surface area contributed by atoms with Crippen molar-refractivity contribution in [1.29, 1.82) is 5.41 Å². The van der Waals surface area contributed by atoms with E-state index in [9.17, 15) is 0 Å². The number of rotatable bonds is 3. The minimum absolute atomic E-state index is 0.193. The summed E-state index contributed by atoms with van der Waals surface area (Å²) in [5, 5.41) is 7.47. The molecule has 1 atom stereocenters. The second-order valence-corrected chi connectivity index (χ2v) is 5.91. The minimum Gasteiger partial charge on any atom is -0.370 e. The predicted octanol–water partition coefficient (Wildman–Crippen LogP) is 2.38. The molecule has 0 amide bonds. The molecule has 1 aromatic carbocycles. The van der Waals surface area contributed by atoms with Crippen LogP contribution in [0, 0.1) is 5.41 Å². The van der Waals surface area contributed by atoms with Crippen LogP contribution in [0.5, 0.6) is 0 Å². The molecule has 0 bridgehead atoms. The Morgan fingerprint density at radius 3 is 1.95 bits per heavy atom. The van der Waals surface area contributed by atoms with Crippen molar-refractivity contribution in [3.05, 3.63) is 35.4 Å². The number of nitrogens with one attached hydrogen (secondary N) is 1. The molecule has 1 fully saturated rings. The van der Waals surface area contributed by atoms with E-state index in [1.54, 1.807) is 0 Å². The largest absolute Gasteiger partial charge is 0.370 e. The summed E-state index contributed by atoms with van der Waals surface area (Å²) < 4.78 is 0. The third-order valence-corrected chi connectivity index (χ3v) is 4.29. The first-order valence-electron chi connectivity index (χ1n) is 7.42. The molecule has 0 radical (unpaired) electrons. The quantitative estimate of drug-likeness (QED) is 0.657. The predicted molar refractivity (Wildman–Crippen MR) is 84.0 cm³/mol. The molecular weight excluding hydrogens is 248 g/mol. The van der Waals surface area contributed by atoms with Gasteiger partial charge in [-0.25, -0.2) is 0 Å². The van der Waals surface area contributed by atoms with E-state index in [4.69, 9.17) is 11.1 Å². The van der Waals surface area contributed by atoms with Gasteiger partial charge in [-0.1, -0.05) is 38.1 Å². The Morgan fingerprint density at radius 1 is 1.00 bits per heavy atom. The molecule has 2 rings (SSSR count). The van der Waals surface area contributed by atoms with Gasteiger partial charge in [0.2, 0.25) is 0 Å². The Kier molecular flexibility index (Phi) is 4.65. The standard InChI is InChI=1S/C16H26N4/c1-12(2)14-4-6-15(7-5-14)13(3)19-8-10-20(11-9-19)16(17)18/h4-7,12-13H,8-11H2,1-3H3,(H3,17,18). The first kappa shape index (κ1) is 14.9. The molecule has 4 heteroatoms. The maximum Gasteiger partial charge on any atom is 0.188 e. The van der Waals surface area contributed by atoms with Gasteiger partial charge in [0.15, 0.2) is 5.96 Å². The number of piperazine rings is 1. The van der Waals surface area contributed by atoms with Crippen LogP contribution in [-0.2, 0) is 0 Å². The summed E-state index contributed by atoms with van der Waals surface area (Å²) in [5.74, 6) is 0.775. The summed E-state index contributed by atoms with van der Waals surface area (Å²) in [6, 6.07) is 9.39. The second kappa shape index (κ2) is 6.27. The molecule has 0 aromatic heterocycles. The number of benzene rings is 1. The molecule has 0 spiro atoms. The number of guanidine groups is 1. The molecular formula is C16H26N4. The normalized spacial score (nSPS) is 18.3. The lowest BCUT2D eigenvalue weighted by molar-refractivity contribution is 0.139. The van der Waals surface area contributed by atoms with E-state index < -0.39 is 0 Å². The van der Waals surface area contributed by atoms with E-state index in [1.807, 2.05) is 4.90 Å². The number of hydrogen-bond acceptors (Lipinski definition) is 2. The highest BCUT2D eigenvalue weighted by molar-refractivity contribution is 5.74. The van der Waals surface area contributed by atoms with Crippen LogP contribution in [0.2, 0.25) is 0 Å². The van der Waals surface area contributed by atoms with E-state index in [-0.39, 0.29) is 5.96 Å². The Morgan fingerprint density at radius 2 is 1.50 bits per heavy atom. The number of nitrogens with zero attached hydrogens (tertiary/aromatic N) is 2. The van der Waals surface area contributed by atoms with Crippen LogP contribution in [-0.4, -0.2) is 41.9 Å². The van der Waals surface area contributed by atoms with Crippen molar-refractivity contribution >= 4 is 5.96 Å². The molecule has 0 aliphatic carbocycles. The topological polar surface area (TPSA) is 56.4 Å². The summed E-state index contributed by atoms with van der Waals surface area (Å²) in [4.78, 5) is 4.40. The maximum absolute atomic E-state index is 7.47. The van der Waals surface area contributed by atoms with Crippen molar-refractivity contribution in [2.24, 2.45) is 5.73 Å². The van der Waals surface area contributed by atoms with E-state index >= 15 is 0 Å². The van der Waals surface area contributed by atoms with Crippen LogP contribution >= 0.6 is 0 Å². The zero-order valence-electron chi connectivity index (χ0n) is 12.8. The third-order valence-electron chi connectivity index (χ3n) is 4.29. The summed E-state index contributed by atoms with van der Waals surface area (Å²) >= 11 is 0. The highest BCUT2D eigenvalue weighted by Gasteiger charge is 2.22. The van der Waals surface area contributed by atoms with E-state index in [1.165, 1.54) is 11.1 Å². The fourth-order valence-corrected chi connectivity index (χ4v) is 2.72. The van der Waals surface area contributed by atoms with Crippen LogP contribution in [0.3, 0.4) is 0 Å². The van der Waals surface area contributed by atoms with E-state index in [2.05, 4.69) is 49.9 Å². The monoisotopic (exact) mass is 274 g/mol. The van der Waals surface area contributed by atoms with E-state index in [0.29, 0.717) is 12.0 Å². The lowest BCUT2D eigenvalue weighted by atomic mass is 9.99. The van der Waals surface area contributed by atoms with E-state index in [0.717, 1.165) is 26.2 Å². The van der Waals surface area contributed by atoms with Crippen molar-refractivity contribution in [2.45, 2.75) is 32.7 Å². The van der Waals surface area contributed by atoms with Crippen LogP contribution in [0.15, 0.2) is 24.3 Å². The molecule has 1 aromatic rings. The van der Waals surface area contributed by atoms with Gasteiger partial charge in [0.25, 0.3) is 0 Å². The molecule has 4 nitrogen and oxygen atoms in total. The first-order valence-corrected chi connectivity index (χ1v) is 7.42. The highest BCUT2D eigenvalue weighted by atomic mass is 15.3. The fourth-order valence-electron chi connectivity index (χ4n) is 2.72. The molecule has 1 unspecified atom stereocenters. The Balaban J connectivity index is 1.98. The lowest BCUT2D eigenvalue weighted by Gasteiger charge is -2.38. The second-order valence-electron chi connectivity index (χ2n) is 5.91. The zero-order valence-corrected chi connectivity index (χ0v) is 12.8. The van der Waals surface area contributed by atoms with Crippen molar-refractivity contribution in [3.63, 3.8) is 0 Å². The van der Waals surface area contributed by atoms with Gasteiger partial charge < -0.3 is 10.6 Å². The Hall–Kier alpha value is -1.55. The van der Waals surface area contributed by atoms with Gasteiger partial charge in [-0.3, -0.25) is 10.3 Å². The SMILES string of the molecule is CC(C)c1ccc(C(C)N2CCN(C(=N)N)CC2)cc1. The van der Waals surface area contributed by atoms with Crippen LogP contribution in [0.25, 0.3) is 0 Å². The highest BCUT2D eigenvalue weighted by Crippen LogP contribution is 2.23. The smallest absolute Gasteiger partial charge is 0.188 e. The van der Waals surface area contributed by atoms with Gasteiger partial charge in [-0.15, -0.1) is 0 Å². The molecule has 0 saturated carbocycles. The number of hydrogen-bond donors (Lipinski definition) is 2. The molecule has 3 N–H and O–H groups in total. The van der Waals surface area contributed by atoms with Gasteiger partial charge in [0.1, 0.15) is 0 Å². The maximum atomic E-state index is 7.47. The van der Waals surface area contributed by atoms with Gasteiger partial charge in [-0.2, -0.15) is 0 Å². The van der Waals surface area contributed by atoms with Crippen LogP contribution in [0.4, 0.5) is 0 Å². The molecule has 1 aliphatic heterocycles. The van der Waals surface area contributed by atoms with Gasteiger partial charge >= 0.3 is 0 Å². The molecule has 1 saturated heterocycles. The van der Waals surface area contributed by atoms with Crippen molar-refractivity contribution in [3.8, 4) is 0 Å². The van der Waals surface area contributed by atoms with Crippen molar-refractivity contribution in [1.82, 2.24) is 9.80 Å². The van der Waals surface area contributed by atoms with Gasteiger partial charge in [0.05, 0.1) is 0 Å². The van der Waals surface area contributed by atoms with Crippen molar-refractivity contribution < 1.29 is 0 Å². The number of nitrogens with two attached hydrogens (primary N) is 1. The van der Waals surface area contributed by atoms with Crippen molar-refractivity contribution in [2.75, 3.05) is 26.2 Å². The minimum atomic E-state index is 0.193. The molecule has 110 valence electrons.